The third-order valence-electron chi connectivity index (χ3n) is 6.96. The Labute approximate surface area is 223 Å². The van der Waals surface area contributed by atoms with Gasteiger partial charge in [0.1, 0.15) is 23.7 Å². The lowest BCUT2D eigenvalue weighted by Gasteiger charge is -2.17. The molecule has 2 unspecified atom stereocenters. The minimum Gasteiger partial charge on any atom is -0.486 e. The molecule has 12 heteroatoms. The quantitative estimate of drug-likeness (QED) is 0.348. The zero-order valence-corrected chi connectivity index (χ0v) is 22.3. The van der Waals surface area contributed by atoms with Crippen LogP contribution in [0.3, 0.4) is 0 Å². The lowest BCUT2D eigenvalue weighted by Crippen LogP contribution is -2.32. The van der Waals surface area contributed by atoms with E-state index in [2.05, 4.69) is 20.2 Å². The predicted octanol–water partition coefficient (Wildman–Crippen LogP) is 4.74. The Morgan fingerprint density at radius 1 is 1.08 bits per heavy atom. The van der Waals surface area contributed by atoms with Gasteiger partial charge < -0.3 is 9.47 Å². The number of hydrogen-bond donors (Lipinski definition) is 1. The highest BCUT2D eigenvalue weighted by molar-refractivity contribution is 7.88. The minimum atomic E-state index is -3.15. The number of ether oxygens (including phenoxy) is 2. The number of H-pyrrole nitrogens is 1. The predicted molar refractivity (Wildman–Crippen MR) is 140 cm³/mol. The molecule has 2 aliphatic rings. The van der Waals surface area contributed by atoms with E-state index in [4.69, 9.17) is 32.7 Å². The smallest absolute Gasteiger partial charge is 0.213 e. The SMILES string of the molecule is C[C@@H](Oc1ccc2[nH]nc(-c3ccc(OC4C5CN(S(C)(=O)=O)CC54)nc3)c2c1)c1c(Cl)cncc1Cl. The number of benzene rings is 1. The zero-order valence-electron chi connectivity index (χ0n) is 19.9. The van der Waals surface area contributed by atoms with Gasteiger partial charge in [0.25, 0.3) is 0 Å². The minimum absolute atomic E-state index is 0.00617. The summed E-state index contributed by atoms with van der Waals surface area (Å²) in [6.07, 6.45) is 5.67. The van der Waals surface area contributed by atoms with E-state index in [1.54, 1.807) is 18.6 Å². The van der Waals surface area contributed by atoms with E-state index in [1.165, 1.54) is 10.6 Å². The Balaban J connectivity index is 1.17. The fourth-order valence-corrected chi connectivity index (χ4v) is 6.53. The summed E-state index contributed by atoms with van der Waals surface area (Å²) in [5, 5.41) is 9.30. The molecule has 3 aromatic heterocycles. The van der Waals surface area contributed by atoms with Crippen LogP contribution in [0.25, 0.3) is 22.2 Å². The topological polar surface area (TPSA) is 110 Å². The zero-order chi connectivity index (χ0) is 25.9. The molecule has 37 heavy (non-hydrogen) atoms. The summed E-state index contributed by atoms with van der Waals surface area (Å²) < 4.78 is 37.1. The summed E-state index contributed by atoms with van der Waals surface area (Å²) in [5.41, 5.74) is 3.09. The first-order valence-corrected chi connectivity index (χ1v) is 14.3. The highest BCUT2D eigenvalue weighted by Crippen LogP contribution is 2.48. The van der Waals surface area contributed by atoms with Gasteiger partial charge in [-0.1, -0.05) is 23.2 Å². The molecule has 1 aliphatic carbocycles. The molecule has 0 spiro atoms. The summed E-state index contributed by atoms with van der Waals surface area (Å²) in [6.45, 7) is 2.89. The number of nitrogens with one attached hydrogen (secondary N) is 1. The second-order valence-corrected chi connectivity index (χ2v) is 12.2. The second-order valence-electron chi connectivity index (χ2n) is 9.43. The maximum absolute atomic E-state index is 11.7. The van der Waals surface area contributed by atoms with Crippen molar-refractivity contribution in [1.29, 1.82) is 0 Å². The van der Waals surface area contributed by atoms with Crippen molar-refractivity contribution >= 4 is 44.1 Å². The molecule has 0 bridgehead atoms. The van der Waals surface area contributed by atoms with Crippen molar-refractivity contribution in [2.24, 2.45) is 11.8 Å². The van der Waals surface area contributed by atoms with E-state index in [-0.39, 0.29) is 24.0 Å². The van der Waals surface area contributed by atoms with E-state index in [0.29, 0.717) is 40.3 Å². The van der Waals surface area contributed by atoms with Gasteiger partial charge in [-0.15, -0.1) is 0 Å². The van der Waals surface area contributed by atoms with Crippen molar-refractivity contribution in [3.05, 3.63) is 64.5 Å². The molecule has 1 saturated carbocycles. The van der Waals surface area contributed by atoms with E-state index in [0.717, 1.165) is 22.2 Å². The van der Waals surface area contributed by atoms with Crippen molar-refractivity contribution in [2.45, 2.75) is 19.1 Å². The molecule has 4 aromatic rings. The van der Waals surface area contributed by atoms with Gasteiger partial charge in [0.15, 0.2) is 0 Å². The monoisotopic (exact) mass is 559 g/mol. The number of sulfonamides is 1. The first-order chi connectivity index (χ1) is 17.7. The van der Waals surface area contributed by atoms with Crippen molar-refractivity contribution in [3.63, 3.8) is 0 Å². The van der Waals surface area contributed by atoms with Crippen LogP contribution >= 0.6 is 23.2 Å². The molecule has 1 aliphatic heterocycles. The van der Waals surface area contributed by atoms with Crippen molar-refractivity contribution in [1.82, 2.24) is 24.5 Å². The summed E-state index contributed by atoms with van der Waals surface area (Å²) in [6, 6.07) is 9.40. The molecule has 1 N–H and O–H groups in total. The van der Waals surface area contributed by atoms with Crippen molar-refractivity contribution < 1.29 is 17.9 Å². The molecule has 6 rings (SSSR count). The summed E-state index contributed by atoms with van der Waals surface area (Å²) in [5.74, 6) is 1.61. The highest BCUT2D eigenvalue weighted by Gasteiger charge is 2.59. The second kappa shape index (κ2) is 9.13. The lowest BCUT2D eigenvalue weighted by atomic mass is 10.1. The molecule has 192 valence electrons. The molecular formula is C25H23Cl2N5O4S. The Morgan fingerprint density at radius 3 is 2.46 bits per heavy atom. The van der Waals surface area contributed by atoms with Crippen LogP contribution in [0.15, 0.2) is 48.9 Å². The Kier molecular flexibility index (Phi) is 6.02. The fraction of sp³-hybridized carbons (Fsp3) is 0.320. The highest BCUT2D eigenvalue weighted by atomic mass is 35.5. The van der Waals surface area contributed by atoms with Crippen LogP contribution in [-0.4, -0.2) is 58.3 Å². The normalized spacial score (nSPS) is 22.1. The Morgan fingerprint density at radius 2 is 1.81 bits per heavy atom. The number of piperidine rings is 1. The van der Waals surface area contributed by atoms with Gasteiger partial charge in [-0.3, -0.25) is 10.1 Å². The molecule has 2 fully saturated rings. The summed E-state index contributed by atoms with van der Waals surface area (Å²) in [4.78, 5) is 8.47. The first kappa shape index (κ1) is 24.4. The van der Waals surface area contributed by atoms with E-state index in [9.17, 15) is 8.42 Å². The maximum Gasteiger partial charge on any atom is 0.213 e. The van der Waals surface area contributed by atoms with Crippen LogP contribution in [-0.2, 0) is 10.0 Å². The number of hydrogen-bond acceptors (Lipinski definition) is 7. The average molecular weight is 560 g/mol. The van der Waals surface area contributed by atoms with E-state index < -0.39 is 10.0 Å². The average Bonchev–Trinajstić information content (AvgIpc) is 3.18. The van der Waals surface area contributed by atoms with Crippen LogP contribution in [0, 0.1) is 11.8 Å². The van der Waals surface area contributed by atoms with Crippen molar-refractivity contribution in [2.75, 3.05) is 19.3 Å². The molecule has 1 aromatic carbocycles. The molecule has 0 amide bonds. The summed E-state index contributed by atoms with van der Waals surface area (Å²) >= 11 is 12.6. The van der Waals surface area contributed by atoms with Crippen LogP contribution in [0.1, 0.15) is 18.6 Å². The Bertz CT molecular complexity index is 1560. The number of nitrogens with zero attached hydrogens (tertiary/aromatic N) is 4. The van der Waals surface area contributed by atoms with Gasteiger partial charge >= 0.3 is 0 Å². The lowest BCUT2D eigenvalue weighted by molar-refractivity contribution is 0.227. The van der Waals surface area contributed by atoms with Gasteiger partial charge in [0.2, 0.25) is 15.9 Å². The van der Waals surface area contributed by atoms with Gasteiger partial charge in [-0.25, -0.2) is 17.7 Å². The third kappa shape index (κ3) is 4.63. The number of fused-ring (bicyclic) bond motifs is 2. The number of aromatic amines is 1. The largest absolute Gasteiger partial charge is 0.486 e. The van der Waals surface area contributed by atoms with E-state index in [1.807, 2.05) is 37.3 Å². The molecule has 4 heterocycles. The molecule has 0 radical (unpaired) electrons. The maximum atomic E-state index is 11.7. The standard InChI is InChI=1S/C25H23Cl2N5O4S/c1-13(23-19(26)9-28-10-20(23)27)35-15-4-5-21-16(7-15)24(31-30-21)14-3-6-22(29-8-14)36-25-17-11-32(12-18(17)25)37(2,33)34/h3-10,13,17-18,25H,11-12H2,1-2H3,(H,30,31)/t13-,17?,18?,25?/m1/s1. The van der Waals surface area contributed by atoms with Crippen LogP contribution < -0.4 is 9.47 Å². The van der Waals surface area contributed by atoms with E-state index >= 15 is 0 Å². The molecule has 3 atom stereocenters. The fourth-order valence-electron chi connectivity index (χ4n) is 4.97. The molecule has 9 nitrogen and oxygen atoms in total. The van der Waals surface area contributed by atoms with Crippen LogP contribution in [0.2, 0.25) is 10.0 Å². The number of rotatable bonds is 7. The first-order valence-electron chi connectivity index (χ1n) is 11.7. The van der Waals surface area contributed by atoms with Crippen LogP contribution in [0.5, 0.6) is 11.6 Å². The number of pyridine rings is 2. The number of aromatic nitrogens is 4. The van der Waals surface area contributed by atoms with Gasteiger partial charge in [-0.05, 0) is 31.2 Å². The third-order valence-corrected chi connectivity index (χ3v) is 8.80. The van der Waals surface area contributed by atoms with Crippen LogP contribution in [0.4, 0.5) is 0 Å². The molecule has 1 saturated heterocycles. The van der Waals surface area contributed by atoms with Gasteiger partial charge in [0.05, 0.1) is 21.8 Å². The van der Waals surface area contributed by atoms with Gasteiger partial charge in [0, 0.05) is 66.1 Å². The Hall–Kier alpha value is -2.92. The summed E-state index contributed by atoms with van der Waals surface area (Å²) in [7, 11) is -3.15. The number of halogens is 2. The molecular weight excluding hydrogens is 537 g/mol. The van der Waals surface area contributed by atoms with Gasteiger partial charge in [-0.2, -0.15) is 5.10 Å². The van der Waals surface area contributed by atoms with Crippen molar-refractivity contribution in [3.8, 4) is 22.9 Å².